The van der Waals surface area contributed by atoms with Gasteiger partial charge in [0.05, 0.1) is 46.8 Å². The summed E-state index contributed by atoms with van der Waals surface area (Å²) in [7, 11) is 1.89. The average Bonchev–Trinajstić information content (AvgIpc) is 3.45. The third-order valence-electron chi connectivity index (χ3n) is 10.4. The largest absolute Gasteiger partial charge is 0.491 e. The lowest BCUT2D eigenvalue weighted by atomic mass is 9.77. The number of esters is 2. The highest BCUT2D eigenvalue weighted by Gasteiger charge is 2.47. The van der Waals surface area contributed by atoms with Gasteiger partial charge in [0.1, 0.15) is 11.6 Å². The standard InChI is InChI=1S/C46H69N3O5S/c1-10-11-12-13-14-15-16-17-18-19-20-21-22-26-35-27-25-30-38(52-31(2)3)40(35)41-39(44(50)53-32(4)5)34(8)48(9)43(42(41)45(51)54-33(6)7)49-37-29-24-23-28-36(37)47-46(49)55/h23-25,27-33,41,46-47,55H,10-22,26H2,1-9H3. The number of hydrogen-bond acceptors (Lipinski definition) is 9. The quantitative estimate of drug-likeness (QED) is 0.0695. The fourth-order valence-corrected chi connectivity index (χ4v) is 8.18. The molecule has 2 aromatic rings. The second-order valence-electron chi connectivity index (χ2n) is 16.0. The number of para-hydroxylation sites is 2. The van der Waals surface area contributed by atoms with Gasteiger partial charge >= 0.3 is 11.9 Å². The van der Waals surface area contributed by atoms with Gasteiger partial charge in [-0.15, -0.1) is 12.6 Å². The number of thiol groups is 1. The maximum Gasteiger partial charge on any atom is 0.338 e. The van der Waals surface area contributed by atoms with Gasteiger partial charge in [-0.25, -0.2) is 9.59 Å². The molecule has 0 spiro atoms. The Hall–Kier alpha value is -3.59. The van der Waals surface area contributed by atoms with Crippen LogP contribution in [0.4, 0.5) is 11.4 Å². The first-order valence-corrected chi connectivity index (χ1v) is 21.6. The Kier molecular flexibility index (Phi) is 17.4. The summed E-state index contributed by atoms with van der Waals surface area (Å²) in [6.45, 7) is 15.6. The molecule has 2 heterocycles. The molecule has 4 rings (SSSR count). The molecular formula is C46H69N3O5S. The molecule has 2 unspecified atom stereocenters. The molecule has 0 bridgehead atoms. The van der Waals surface area contributed by atoms with Crippen molar-refractivity contribution in [2.24, 2.45) is 0 Å². The van der Waals surface area contributed by atoms with Gasteiger partial charge < -0.3 is 24.4 Å². The maximum absolute atomic E-state index is 14.8. The number of hydrogen-bond donors (Lipinski definition) is 2. The van der Waals surface area contributed by atoms with E-state index in [1.54, 1.807) is 0 Å². The molecule has 1 N–H and O–H groups in total. The molecule has 0 aliphatic carbocycles. The molecule has 0 amide bonds. The topological polar surface area (TPSA) is 80.3 Å². The van der Waals surface area contributed by atoms with Crippen LogP contribution in [0, 0.1) is 0 Å². The number of aryl methyl sites for hydroxylation is 1. The highest BCUT2D eigenvalue weighted by molar-refractivity contribution is 7.81. The van der Waals surface area contributed by atoms with Gasteiger partial charge in [-0.3, -0.25) is 4.90 Å². The van der Waals surface area contributed by atoms with Crippen LogP contribution < -0.4 is 15.0 Å². The van der Waals surface area contributed by atoms with Crippen LogP contribution in [0.1, 0.15) is 156 Å². The number of nitrogens with zero attached hydrogens (tertiary/aromatic N) is 2. The summed E-state index contributed by atoms with van der Waals surface area (Å²) in [4.78, 5) is 33.1. The predicted molar refractivity (Wildman–Crippen MR) is 230 cm³/mol. The van der Waals surface area contributed by atoms with Crippen LogP contribution in [0.15, 0.2) is 65.1 Å². The Balaban J connectivity index is 1.75. The SMILES string of the molecule is CCCCCCCCCCCCCCCc1cccc(OC(C)C)c1C1C(C(=O)OC(C)C)=C(C)N(C)C(N2c3ccccc3NC2S)=C1C(=O)OC(C)C. The molecule has 0 saturated heterocycles. The van der Waals surface area contributed by atoms with Crippen molar-refractivity contribution in [3.8, 4) is 5.75 Å². The molecule has 0 fully saturated rings. The molecule has 0 radical (unpaired) electrons. The van der Waals surface area contributed by atoms with Crippen molar-refractivity contribution in [1.82, 2.24) is 4.90 Å². The summed E-state index contributed by atoms with van der Waals surface area (Å²) in [5.74, 6) is -0.551. The van der Waals surface area contributed by atoms with E-state index in [0.717, 1.165) is 41.8 Å². The lowest BCUT2D eigenvalue weighted by Crippen LogP contribution is -2.44. The third-order valence-corrected chi connectivity index (χ3v) is 10.8. The Morgan fingerprint density at radius 1 is 0.727 bits per heavy atom. The van der Waals surface area contributed by atoms with Crippen LogP contribution in [0.25, 0.3) is 0 Å². The summed E-state index contributed by atoms with van der Waals surface area (Å²) in [6, 6.07) is 14.1. The van der Waals surface area contributed by atoms with Gasteiger partial charge in [0.15, 0.2) is 5.50 Å². The smallest absolute Gasteiger partial charge is 0.338 e. The zero-order valence-electron chi connectivity index (χ0n) is 35.2. The van der Waals surface area contributed by atoms with E-state index >= 15 is 0 Å². The minimum absolute atomic E-state index is 0.140. The fourth-order valence-electron chi connectivity index (χ4n) is 7.81. The Labute approximate surface area is 337 Å². The minimum Gasteiger partial charge on any atom is -0.491 e. The second kappa shape index (κ2) is 21.6. The van der Waals surface area contributed by atoms with Gasteiger partial charge in [-0.05, 0) is 85.1 Å². The second-order valence-corrected chi connectivity index (χ2v) is 16.5. The summed E-state index contributed by atoms with van der Waals surface area (Å²) < 4.78 is 18.6. The molecule has 2 atom stereocenters. The number of carbonyl (C=O) groups is 2. The van der Waals surface area contributed by atoms with E-state index in [2.05, 4.69) is 18.3 Å². The highest BCUT2D eigenvalue weighted by Crippen LogP contribution is 2.50. The van der Waals surface area contributed by atoms with Crippen molar-refractivity contribution in [1.29, 1.82) is 0 Å². The molecule has 2 aliphatic rings. The summed E-state index contributed by atoms with van der Waals surface area (Å²) in [6.07, 6.45) is 16.5. The van der Waals surface area contributed by atoms with E-state index in [0.29, 0.717) is 28.4 Å². The van der Waals surface area contributed by atoms with E-state index in [9.17, 15) is 9.59 Å². The van der Waals surface area contributed by atoms with Gasteiger partial charge in [0.25, 0.3) is 0 Å². The Bertz CT molecular complexity index is 1630. The molecule has 55 heavy (non-hydrogen) atoms. The molecular weight excluding hydrogens is 707 g/mol. The predicted octanol–water partition coefficient (Wildman–Crippen LogP) is 11.7. The number of fused-ring (bicyclic) bond motifs is 1. The van der Waals surface area contributed by atoms with Crippen molar-refractivity contribution < 1.29 is 23.8 Å². The van der Waals surface area contributed by atoms with Crippen molar-refractivity contribution in [3.05, 3.63) is 76.3 Å². The first-order chi connectivity index (χ1) is 26.4. The number of carbonyl (C=O) groups excluding carboxylic acids is 2. The average molecular weight is 776 g/mol. The normalized spacial score (nSPS) is 17.0. The van der Waals surface area contributed by atoms with Crippen LogP contribution in [0.5, 0.6) is 5.75 Å². The monoisotopic (exact) mass is 775 g/mol. The lowest BCUT2D eigenvalue weighted by molar-refractivity contribution is -0.143. The zero-order chi connectivity index (χ0) is 40.1. The molecule has 9 heteroatoms. The molecule has 2 aromatic carbocycles. The molecule has 0 saturated carbocycles. The molecule has 2 aliphatic heterocycles. The third kappa shape index (κ3) is 11.7. The number of anilines is 2. The Morgan fingerprint density at radius 2 is 1.27 bits per heavy atom. The van der Waals surface area contributed by atoms with Crippen molar-refractivity contribution in [2.75, 3.05) is 17.3 Å². The van der Waals surface area contributed by atoms with E-state index in [1.165, 1.54) is 70.6 Å². The van der Waals surface area contributed by atoms with Crippen LogP contribution in [-0.2, 0) is 25.5 Å². The number of ether oxygens (including phenoxy) is 3. The maximum atomic E-state index is 14.8. The first-order valence-electron chi connectivity index (χ1n) is 21.1. The Morgan fingerprint density at radius 3 is 1.84 bits per heavy atom. The molecule has 8 nitrogen and oxygen atoms in total. The van der Waals surface area contributed by atoms with E-state index in [4.69, 9.17) is 26.8 Å². The molecule has 0 aromatic heterocycles. The fraction of sp³-hybridized carbons (Fsp3) is 0.609. The van der Waals surface area contributed by atoms with E-state index < -0.39 is 29.5 Å². The number of allylic oxidation sites excluding steroid dienone is 1. The number of nitrogens with one attached hydrogen (secondary N) is 1. The number of rotatable bonds is 22. The number of benzene rings is 2. The van der Waals surface area contributed by atoms with Gasteiger partial charge in [-0.2, -0.15) is 0 Å². The lowest BCUT2D eigenvalue weighted by Gasteiger charge is -2.42. The zero-order valence-corrected chi connectivity index (χ0v) is 36.1. The van der Waals surface area contributed by atoms with Crippen molar-refractivity contribution in [3.63, 3.8) is 0 Å². The summed E-state index contributed by atoms with van der Waals surface area (Å²) in [5.41, 5.74) is 4.58. The van der Waals surface area contributed by atoms with Gasteiger partial charge in [-0.1, -0.05) is 108 Å². The summed E-state index contributed by atoms with van der Waals surface area (Å²) in [5, 5.41) is 3.46. The van der Waals surface area contributed by atoms with Gasteiger partial charge in [0, 0.05) is 18.3 Å². The van der Waals surface area contributed by atoms with E-state index in [1.807, 2.05) is 102 Å². The van der Waals surface area contributed by atoms with Crippen LogP contribution in [-0.4, -0.2) is 47.7 Å². The minimum atomic E-state index is -0.830. The van der Waals surface area contributed by atoms with Crippen LogP contribution in [0.2, 0.25) is 0 Å². The highest BCUT2D eigenvalue weighted by atomic mass is 32.1. The van der Waals surface area contributed by atoms with Crippen LogP contribution >= 0.6 is 12.6 Å². The van der Waals surface area contributed by atoms with Crippen molar-refractivity contribution in [2.45, 2.75) is 175 Å². The van der Waals surface area contributed by atoms with Gasteiger partial charge in [0.2, 0.25) is 0 Å². The molecule has 304 valence electrons. The van der Waals surface area contributed by atoms with Crippen molar-refractivity contribution >= 4 is 35.9 Å². The van der Waals surface area contributed by atoms with Crippen LogP contribution in [0.3, 0.4) is 0 Å². The number of unbranched alkanes of at least 4 members (excludes halogenated alkanes) is 12. The van der Waals surface area contributed by atoms with E-state index in [-0.39, 0.29) is 12.2 Å². The summed E-state index contributed by atoms with van der Waals surface area (Å²) >= 11 is 4.99. The first kappa shape index (κ1) is 44.1.